The fourth-order valence-electron chi connectivity index (χ4n) is 1.01. The number of sulfonamides is 1. The first-order valence-corrected chi connectivity index (χ1v) is 6.22. The van der Waals surface area contributed by atoms with Crippen molar-refractivity contribution in [1.29, 1.82) is 0 Å². The number of amides is 1. The van der Waals surface area contributed by atoms with Gasteiger partial charge in [0.25, 0.3) is 0 Å². The van der Waals surface area contributed by atoms with E-state index in [2.05, 4.69) is 4.72 Å². The Labute approximate surface area is 84.1 Å². The number of hydrogen-bond acceptors (Lipinski definition) is 4. The zero-order chi connectivity index (χ0) is 11.2. The van der Waals surface area contributed by atoms with Crippen LogP contribution in [0.1, 0.15) is 19.3 Å². The van der Waals surface area contributed by atoms with E-state index in [-0.39, 0.29) is 0 Å². The van der Waals surface area contributed by atoms with Crippen molar-refractivity contribution in [2.45, 2.75) is 25.3 Å². The summed E-state index contributed by atoms with van der Waals surface area (Å²) in [7, 11) is -3.39. The standard InChI is InChI=1S/C7H17N3O3S/c1-14(12,13)10-6(7(9)11)4-2-3-5-8/h6,10H,2-5,8H2,1H3,(H2,9,11)/t6-/m0/s1. The Balaban J connectivity index is 4.11. The summed E-state index contributed by atoms with van der Waals surface area (Å²) in [5.41, 5.74) is 10.3. The predicted molar refractivity (Wildman–Crippen MR) is 53.9 cm³/mol. The summed E-state index contributed by atoms with van der Waals surface area (Å²) in [6.45, 7) is 0.518. The molecule has 6 nitrogen and oxygen atoms in total. The fourth-order valence-corrected chi connectivity index (χ4v) is 1.76. The van der Waals surface area contributed by atoms with Crippen molar-refractivity contribution in [1.82, 2.24) is 4.72 Å². The van der Waals surface area contributed by atoms with Gasteiger partial charge >= 0.3 is 0 Å². The van der Waals surface area contributed by atoms with E-state index in [9.17, 15) is 13.2 Å². The van der Waals surface area contributed by atoms with Crippen molar-refractivity contribution < 1.29 is 13.2 Å². The van der Waals surface area contributed by atoms with E-state index in [1.54, 1.807) is 0 Å². The first-order chi connectivity index (χ1) is 6.37. The maximum absolute atomic E-state index is 10.8. The van der Waals surface area contributed by atoms with Gasteiger partial charge in [0.1, 0.15) is 6.04 Å². The molecule has 0 spiro atoms. The zero-order valence-corrected chi connectivity index (χ0v) is 9.01. The highest BCUT2D eigenvalue weighted by atomic mass is 32.2. The highest BCUT2D eigenvalue weighted by Gasteiger charge is 2.18. The average molecular weight is 223 g/mol. The molecule has 7 heteroatoms. The molecule has 14 heavy (non-hydrogen) atoms. The Morgan fingerprint density at radius 3 is 2.36 bits per heavy atom. The predicted octanol–water partition coefficient (Wildman–Crippen LogP) is -1.48. The number of nitrogens with two attached hydrogens (primary N) is 2. The van der Waals surface area contributed by atoms with E-state index in [1.165, 1.54) is 0 Å². The minimum atomic E-state index is -3.39. The molecule has 0 aliphatic carbocycles. The Kier molecular flexibility index (Phi) is 5.66. The van der Waals surface area contributed by atoms with Gasteiger partial charge in [-0.2, -0.15) is 0 Å². The van der Waals surface area contributed by atoms with Crippen molar-refractivity contribution in [3.05, 3.63) is 0 Å². The molecular formula is C7H17N3O3S. The Hall–Kier alpha value is -0.660. The Morgan fingerprint density at radius 1 is 1.43 bits per heavy atom. The van der Waals surface area contributed by atoms with Crippen LogP contribution in [0.15, 0.2) is 0 Å². The number of carbonyl (C=O) groups is 1. The number of unbranched alkanes of at least 4 members (excludes halogenated alkanes) is 1. The van der Waals surface area contributed by atoms with Gasteiger partial charge in [-0.3, -0.25) is 4.79 Å². The molecule has 0 saturated carbocycles. The van der Waals surface area contributed by atoms with Crippen LogP contribution < -0.4 is 16.2 Å². The van der Waals surface area contributed by atoms with Gasteiger partial charge in [0.2, 0.25) is 15.9 Å². The van der Waals surface area contributed by atoms with Crippen molar-refractivity contribution in [2.24, 2.45) is 11.5 Å². The third-order valence-corrected chi connectivity index (χ3v) is 2.36. The van der Waals surface area contributed by atoms with E-state index in [0.717, 1.165) is 12.7 Å². The van der Waals surface area contributed by atoms with E-state index in [0.29, 0.717) is 19.4 Å². The highest BCUT2D eigenvalue weighted by molar-refractivity contribution is 7.88. The molecule has 0 aromatic heterocycles. The van der Waals surface area contributed by atoms with Crippen LogP contribution in [0, 0.1) is 0 Å². The number of primary amides is 1. The number of rotatable bonds is 7. The molecule has 1 atom stereocenters. The van der Waals surface area contributed by atoms with Gasteiger partial charge in [0, 0.05) is 0 Å². The lowest BCUT2D eigenvalue weighted by Gasteiger charge is -2.13. The van der Waals surface area contributed by atoms with Gasteiger partial charge in [-0.15, -0.1) is 0 Å². The Bertz CT molecular complexity index is 276. The molecule has 0 bridgehead atoms. The zero-order valence-electron chi connectivity index (χ0n) is 8.19. The molecule has 0 saturated heterocycles. The Morgan fingerprint density at radius 2 is 2.00 bits per heavy atom. The first-order valence-electron chi connectivity index (χ1n) is 4.33. The minimum Gasteiger partial charge on any atom is -0.368 e. The molecule has 0 rings (SSSR count). The van der Waals surface area contributed by atoms with Crippen LogP contribution in [0.25, 0.3) is 0 Å². The van der Waals surface area contributed by atoms with Crippen LogP contribution >= 0.6 is 0 Å². The van der Waals surface area contributed by atoms with Crippen LogP contribution in [-0.2, 0) is 14.8 Å². The third kappa shape index (κ3) is 6.81. The molecule has 0 aromatic carbocycles. The van der Waals surface area contributed by atoms with Gasteiger partial charge in [0.15, 0.2) is 0 Å². The van der Waals surface area contributed by atoms with Crippen molar-refractivity contribution >= 4 is 15.9 Å². The van der Waals surface area contributed by atoms with Crippen molar-refractivity contribution in [3.8, 4) is 0 Å². The maximum atomic E-state index is 10.8. The van der Waals surface area contributed by atoms with Gasteiger partial charge in [-0.1, -0.05) is 6.42 Å². The summed E-state index contributed by atoms with van der Waals surface area (Å²) in [6.07, 6.45) is 2.80. The second-order valence-electron chi connectivity index (χ2n) is 3.13. The number of hydrogen-bond donors (Lipinski definition) is 3. The van der Waals surface area contributed by atoms with Crippen LogP contribution in [0.2, 0.25) is 0 Å². The second-order valence-corrected chi connectivity index (χ2v) is 4.91. The third-order valence-electron chi connectivity index (χ3n) is 1.65. The van der Waals surface area contributed by atoms with E-state index in [1.807, 2.05) is 0 Å². The van der Waals surface area contributed by atoms with Crippen LogP contribution in [0.5, 0.6) is 0 Å². The molecule has 0 aliphatic heterocycles. The van der Waals surface area contributed by atoms with E-state index >= 15 is 0 Å². The summed E-state index contributed by atoms with van der Waals surface area (Å²) < 4.78 is 23.8. The molecule has 0 radical (unpaired) electrons. The molecule has 1 amide bonds. The molecule has 0 aromatic rings. The molecule has 0 unspecified atom stereocenters. The van der Waals surface area contributed by atoms with Crippen LogP contribution in [0.4, 0.5) is 0 Å². The van der Waals surface area contributed by atoms with Crippen LogP contribution in [-0.4, -0.2) is 33.2 Å². The van der Waals surface area contributed by atoms with Crippen LogP contribution in [0.3, 0.4) is 0 Å². The van der Waals surface area contributed by atoms with E-state index in [4.69, 9.17) is 11.5 Å². The first kappa shape index (κ1) is 13.3. The lowest BCUT2D eigenvalue weighted by atomic mass is 10.1. The molecule has 0 heterocycles. The monoisotopic (exact) mass is 223 g/mol. The summed E-state index contributed by atoms with van der Waals surface area (Å²) >= 11 is 0. The topological polar surface area (TPSA) is 115 Å². The molecular weight excluding hydrogens is 206 g/mol. The van der Waals surface area contributed by atoms with Crippen molar-refractivity contribution in [2.75, 3.05) is 12.8 Å². The lowest BCUT2D eigenvalue weighted by molar-refractivity contribution is -0.119. The minimum absolute atomic E-state index is 0.388. The second kappa shape index (κ2) is 5.94. The lowest BCUT2D eigenvalue weighted by Crippen LogP contribution is -2.43. The maximum Gasteiger partial charge on any atom is 0.235 e. The number of nitrogens with one attached hydrogen (secondary N) is 1. The van der Waals surface area contributed by atoms with Gasteiger partial charge < -0.3 is 11.5 Å². The smallest absolute Gasteiger partial charge is 0.235 e. The average Bonchev–Trinajstić information content (AvgIpc) is 2.00. The van der Waals surface area contributed by atoms with Crippen molar-refractivity contribution in [3.63, 3.8) is 0 Å². The molecule has 0 fully saturated rings. The molecule has 0 aliphatic rings. The normalized spacial score (nSPS) is 13.9. The largest absolute Gasteiger partial charge is 0.368 e. The quantitative estimate of drug-likeness (QED) is 0.456. The summed E-state index contributed by atoms with van der Waals surface area (Å²) in [5, 5.41) is 0. The summed E-state index contributed by atoms with van der Waals surface area (Å²) in [5.74, 6) is -0.660. The van der Waals surface area contributed by atoms with E-state index < -0.39 is 22.0 Å². The number of carbonyl (C=O) groups excluding carboxylic acids is 1. The summed E-state index contributed by atoms with van der Waals surface area (Å²) in [4.78, 5) is 10.8. The molecule has 84 valence electrons. The fraction of sp³-hybridized carbons (Fsp3) is 0.857. The summed E-state index contributed by atoms with van der Waals surface area (Å²) in [6, 6.07) is -0.823. The van der Waals surface area contributed by atoms with Gasteiger partial charge in [-0.25, -0.2) is 13.1 Å². The SMILES string of the molecule is CS(=O)(=O)N[C@@H](CCCCN)C(N)=O. The van der Waals surface area contributed by atoms with Gasteiger partial charge in [0.05, 0.1) is 6.26 Å². The molecule has 5 N–H and O–H groups in total. The highest BCUT2D eigenvalue weighted by Crippen LogP contribution is 2.00. The van der Waals surface area contributed by atoms with Gasteiger partial charge in [-0.05, 0) is 19.4 Å².